The van der Waals surface area contributed by atoms with Crippen LogP contribution in [0.4, 0.5) is 0 Å². The van der Waals surface area contributed by atoms with Crippen molar-refractivity contribution in [2.75, 3.05) is 7.05 Å². The Morgan fingerprint density at radius 2 is 1.93 bits per heavy atom. The second kappa shape index (κ2) is 4.91. The zero-order valence-corrected chi connectivity index (χ0v) is 9.94. The van der Waals surface area contributed by atoms with E-state index < -0.39 is 0 Å². The van der Waals surface area contributed by atoms with E-state index in [0.717, 1.165) is 6.54 Å². The van der Waals surface area contributed by atoms with Crippen molar-refractivity contribution in [2.45, 2.75) is 32.9 Å². The fraction of sp³-hybridized carbons (Fsp3) is 0.500. The van der Waals surface area contributed by atoms with E-state index in [0.29, 0.717) is 0 Å². The molecule has 0 aliphatic carbocycles. The molecule has 0 saturated carbocycles. The van der Waals surface area contributed by atoms with Crippen molar-refractivity contribution in [2.24, 2.45) is 4.99 Å². The number of hydrogen-bond acceptors (Lipinski definition) is 2. The molecule has 0 unspecified atom stereocenters. The Kier molecular flexibility index (Phi) is 3.83. The van der Waals surface area contributed by atoms with Gasteiger partial charge in [-0.2, -0.15) is 0 Å². The third-order valence-corrected chi connectivity index (χ3v) is 1.82. The van der Waals surface area contributed by atoms with E-state index in [1.54, 1.807) is 0 Å². The summed E-state index contributed by atoms with van der Waals surface area (Å²) in [6.45, 7) is 7.12. The van der Waals surface area contributed by atoms with Gasteiger partial charge in [0.1, 0.15) is 0 Å². The Labute approximate surface area is 91.9 Å². The van der Waals surface area contributed by atoms with Crippen molar-refractivity contribution < 1.29 is 0 Å². The molecule has 3 heteroatoms. The lowest BCUT2D eigenvalue weighted by Crippen LogP contribution is -2.19. The van der Waals surface area contributed by atoms with E-state index in [9.17, 15) is 0 Å². The minimum absolute atomic E-state index is 0.00744. The van der Waals surface area contributed by atoms with Crippen LogP contribution in [-0.2, 0) is 6.54 Å². The largest absolute Gasteiger partial charge is 0.362 e. The van der Waals surface area contributed by atoms with Gasteiger partial charge in [0.05, 0.1) is 11.9 Å². The summed E-state index contributed by atoms with van der Waals surface area (Å²) < 4.78 is 0. The SMILES string of the molecule is CN(C=NC(C)(C)C)Cc1ccncc1. The number of aromatic nitrogens is 1. The van der Waals surface area contributed by atoms with Crippen molar-refractivity contribution in [3.63, 3.8) is 0 Å². The number of nitrogens with zero attached hydrogens (tertiary/aromatic N) is 3. The predicted octanol–water partition coefficient (Wildman–Crippen LogP) is 2.34. The van der Waals surface area contributed by atoms with Gasteiger partial charge in [0.15, 0.2) is 0 Å². The monoisotopic (exact) mass is 205 g/mol. The van der Waals surface area contributed by atoms with Crippen LogP contribution in [0.5, 0.6) is 0 Å². The van der Waals surface area contributed by atoms with Gasteiger partial charge in [-0.1, -0.05) is 0 Å². The van der Waals surface area contributed by atoms with Crippen LogP contribution in [0.25, 0.3) is 0 Å². The summed E-state index contributed by atoms with van der Waals surface area (Å²) in [4.78, 5) is 10.5. The first-order valence-electron chi connectivity index (χ1n) is 5.12. The Bertz CT molecular complexity index is 311. The van der Waals surface area contributed by atoms with Gasteiger partial charge in [-0.25, -0.2) is 0 Å². The summed E-state index contributed by atoms with van der Waals surface area (Å²) in [5, 5.41) is 0. The van der Waals surface area contributed by atoms with Crippen molar-refractivity contribution in [1.29, 1.82) is 0 Å². The average molecular weight is 205 g/mol. The maximum atomic E-state index is 4.44. The molecular formula is C12H19N3. The summed E-state index contributed by atoms with van der Waals surface area (Å²) in [6, 6.07) is 4.03. The second-order valence-corrected chi connectivity index (χ2v) is 4.69. The lowest BCUT2D eigenvalue weighted by atomic mass is 10.1. The van der Waals surface area contributed by atoms with Crippen LogP contribution in [0, 0.1) is 0 Å². The van der Waals surface area contributed by atoms with Crippen LogP contribution < -0.4 is 0 Å². The molecule has 0 aliphatic rings. The fourth-order valence-corrected chi connectivity index (χ4v) is 1.09. The standard InChI is InChI=1S/C12H19N3/c1-12(2,3)14-10-15(4)9-11-5-7-13-8-6-11/h5-8,10H,9H2,1-4H3. The number of aliphatic imine (C=N–C) groups is 1. The van der Waals surface area contributed by atoms with Crippen LogP contribution in [0.1, 0.15) is 26.3 Å². The van der Waals surface area contributed by atoms with Crippen LogP contribution in [0.3, 0.4) is 0 Å². The Morgan fingerprint density at radius 1 is 1.33 bits per heavy atom. The molecule has 0 fully saturated rings. The van der Waals surface area contributed by atoms with Gasteiger partial charge in [-0.05, 0) is 38.5 Å². The normalized spacial score (nSPS) is 12.0. The van der Waals surface area contributed by atoms with Crippen LogP contribution in [-0.4, -0.2) is 28.8 Å². The van der Waals surface area contributed by atoms with Crippen molar-refractivity contribution in [3.05, 3.63) is 30.1 Å². The van der Waals surface area contributed by atoms with Gasteiger partial charge in [0.2, 0.25) is 0 Å². The first kappa shape index (κ1) is 11.7. The molecule has 0 atom stereocenters. The van der Waals surface area contributed by atoms with Crippen LogP contribution in [0.15, 0.2) is 29.5 Å². The molecule has 1 aromatic rings. The van der Waals surface area contributed by atoms with E-state index in [4.69, 9.17) is 0 Å². The number of hydrogen-bond donors (Lipinski definition) is 0. The molecule has 0 saturated heterocycles. The Balaban J connectivity index is 2.50. The smallest absolute Gasteiger partial charge is 0.0856 e. The Hall–Kier alpha value is -1.38. The highest BCUT2D eigenvalue weighted by Crippen LogP contribution is 2.06. The topological polar surface area (TPSA) is 28.5 Å². The van der Waals surface area contributed by atoms with E-state index in [2.05, 4.69) is 35.6 Å². The van der Waals surface area contributed by atoms with Gasteiger partial charge in [0.25, 0.3) is 0 Å². The van der Waals surface area contributed by atoms with Crippen molar-refractivity contribution in [3.8, 4) is 0 Å². The molecule has 15 heavy (non-hydrogen) atoms. The molecule has 3 nitrogen and oxygen atoms in total. The highest BCUT2D eigenvalue weighted by atomic mass is 15.1. The summed E-state index contributed by atoms with van der Waals surface area (Å²) in [6.07, 6.45) is 5.51. The molecular weight excluding hydrogens is 186 g/mol. The first-order valence-corrected chi connectivity index (χ1v) is 5.12. The zero-order chi connectivity index (χ0) is 11.3. The molecule has 0 spiro atoms. The van der Waals surface area contributed by atoms with Crippen molar-refractivity contribution in [1.82, 2.24) is 9.88 Å². The summed E-state index contributed by atoms with van der Waals surface area (Å²) >= 11 is 0. The molecule has 1 heterocycles. The molecule has 82 valence electrons. The average Bonchev–Trinajstić information content (AvgIpc) is 2.15. The van der Waals surface area contributed by atoms with E-state index in [-0.39, 0.29) is 5.54 Å². The van der Waals surface area contributed by atoms with Crippen molar-refractivity contribution >= 4 is 6.34 Å². The summed E-state index contributed by atoms with van der Waals surface area (Å²) in [5.74, 6) is 0. The Morgan fingerprint density at radius 3 is 2.47 bits per heavy atom. The van der Waals surface area contributed by atoms with Gasteiger partial charge in [-0.3, -0.25) is 9.98 Å². The lowest BCUT2D eigenvalue weighted by molar-refractivity contribution is 0.496. The van der Waals surface area contributed by atoms with Gasteiger partial charge in [0, 0.05) is 26.0 Å². The number of rotatable bonds is 3. The molecule has 1 aromatic heterocycles. The van der Waals surface area contributed by atoms with E-state index >= 15 is 0 Å². The number of pyridine rings is 1. The highest BCUT2D eigenvalue weighted by molar-refractivity contribution is 5.55. The molecule has 0 radical (unpaired) electrons. The zero-order valence-electron chi connectivity index (χ0n) is 9.94. The quantitative estimate of drug-likeness (QED) is 0.559. The molecule has 0 bridgehead atoms. The minimum Gasteiger partial charge on any atom is -0.362 e. The fourth-order valence-electron chi connectivity index (χ4n) is 1.09. The first-order chi connectivity index (χ1) is 6.97. The summed E-state index contributed by atoms with van der Waals surface area (Å²) in [5.41, 5.74) is 1.24. The maximum absolute atomic E-state index is 4.44. The maximum Gasteiger partial charge on any atom is 0.0856 e. The predicted molar refractivity (Wildman–Crippen MR) is 63.9 cm³/mol. The van der Waals surface area contributed by atoms with Gasteiger partial charge >= 0.3 is 0 Å². The molecule has 0 amide bonds. The molecule has 0 aliphatic heterocycles. The lowest BCUT2D eigenvalue weighted by Gasteiger charge is -2.17. The molecule has 0 aromatic carbocycles. The molecule has 1 rings (SSSR count). The van der Waals surface area contributed by atoms with Gasteiger partial charge < -0.3 is 4.90 Å². The second-order valence-electron chi connectivity index (χ2n) is 4.69. The third-order valence-electron chi connectivity index (χ3n) is 1.82. The third kappa shape index (κ3) is 5.15. The van der Waals surface area contributed by atoms with E-state index in [1.807, 2.05) is 37.9 Å². The van der Waals surface area contributed by atoms with Crippen LogP contribution >= 0.6 is 0 Å². The highest BCUT2D eigenvalue weighted by Gasteiger charge is 2.05. The minimum atomic E-state index is -0.00744. The van der Waals surface area contributed by atoms with Crippen LogP contribution in [0.2, 0.25) is 0 Å². The summed E-state index contributed by atoms with van der Waals surface area (Å²) in [7, 11) is 2.02. The molecule has 0 N–H and O–H groups in total. The van der Waals surface area contributed by atoms with Gasteiger partial charge in [-0.15, -0.1) is 0 Å². The van der Waals surface area contributed by atoms with E-state index in [1.165, 1.54) is 5.56 Å².